The molecule has 0 N–H and O–H groups in total. The first kappa shape index (κ1) is 13.5. The highest BCUT2D eigenvalue weighted by atomic mass is 14.7. The van der Waals surface area contributed by atoms with Gasteiger partial charge in [-0.25, -0.2) is 0 Å². The summed E-state index contributed by atoms with van der Waals surface area (Å²) in [5.74, 6) is 0. The van der Waals surface area contributed by atoms with Crippen LogP contribution in [0.4, 0.5) is 0 Å². The van der Waals surface area contributed by atoms with E-state index in [1.54, 1.807) is 0 Å². The number of hydrogen-bond donors (Lipinski definition) is 0. The van der Waals surface area contributed by atoms with Crippen molar-refractivity contribution in [1.29, 1.82) is 0 Å². The summed E-state index contributed by atoms with van der Waals surface area (Å²) in [6.07, 6.45) is 6.43. The van der Waals surface area contributed by atoms with E-state index in [1.165, 1.54) is 11.1 Å². The summed E-state index contributed by atoms with van der Waals surface area (Å²) in [6, 6.07) is 20.9. The van der Waals surface area contributed by atoms with Gasteiger partial charge in [0.15, 0.2) is 0 Å². The van der Waals surface area contributed by atoms with Gasteiger partial charge in [0.05, 0.1) is 0 Å². The van der Waals surface area contributed by atoms with Gasteiger partial charge in [-0.05, 0) is 35.4 Å². The maximum Gasteiger partial charge on any atom is 0.0415 e. The van der Waals surface area contributed by atoms with Crippen LogP contribution in [0.25, 0.3) is 0 Å². The van der Waals surface area contributed by atoms with E-state index >= 15 is 0 Å². The van der Waals surface area contributed by atoms with Crippen LogP contribution in [0.5, 0.6) is 0 Å². The van der Waals surface area contributed by atoms with Crippen molar-refractivity contribution in [2.24, 2.45) is 0 Å². The topological polar surface area (TPSA) is 25.8 Å². The Kier molecular flexibility index (Phi) is 3.78. The fraction of sp³-hybridized carbons (Fsp3) is 0.158. The van der Waals surface area contributed by atoms with Crippen LogP contribution in [0.3, 0.4) is 0 Å². The molecule has 2 heterocycles. The molecule has 0 fully saturated rings. The summed E-state index contributed by atoms with van der Waals surface area (Å²) in [7, 11) is 0. The predicted molar refractivity (Wildman–Crippen MR) is 85.1 cm³/mol. The molecule has 0 saturated heterocycles. The Bertz CT molecular complexity index is 639. The molecule has 0 aliphatic rings. The Hall–Kier alpha value is -2.48. The highest BCUT2D eigenvalue weighted by molar-refractivity contribution is 5.39. The van der Waals surface area contributed by atoms with Crippen molar-refractivity contribution in [3.05, 3.63) is 96.1 Å². The summed E-state index contributed by atoms with van der Waals surface area (Å²) in [6.45, 7) is 2.27. The SMILES string of the molecule is CC(Cc1ccccn1)(c1ccccc1)c1ccncc1. The van der Waals surface area contributed by atoms with Crippen molar-refractivity contribution in [3.8, 4) is 0 Å². The molecule has 1 atom stereocenters. The van der Waals surface area contributed by atoms with E-state index in [-0.39, 0.29) is 5.41 Å². The van der Waals surface area contributed by atoms with Crippen LogP contribution in [0.1, 0.15) is 23.7 Å². The van der Waals surface area contributed by atoms with Crippen LogP contribution in [-0.2, 0) is 11.8 Å². The number of hydrogen-bond acceptors (Lipinski definition) is 2. The van der Waals surface area contributed by atoms with E-state index in [1.807, 2.05) is 30.7 Å². The Morgan fingerprint density at radius 1 is 0.762 bits per heavy atom. The molecule has 0 spiro atoms. The number of benzene rings is 1. The summed E-state index contributed by atoms with van der Waals surface area (Å²) in [5, 5.41) is 0. The lowest BCUT2D eigenvalue weighted by atomic mass is 9.73. The number of nitrogens with zero attached hydrogens (tertiary/aromatic N) is 2. The smallest absolute Gasteiger partial charge is 0.0415 e. The monoisotopic (exact) mass is 274 g/mol. The van der Waals surface area contributed by atoms with E-state index in [2.05, 4.69) is 65.4 Å². The molecule has 1 unspecified atom stereocenters. The Morgan fingerprint density at radius 3 is 2.10 bits per heavy atom. The summed E-state index contributed by atoms with van der Waals surface area (Å²) in [4.78, 5) is 8.64. The van der Waals surface area contributed by atoms with Gasteiger partial charge in [0, 0.05) is 36.1 Å². The normalized spacial score (nSPS) is 13.6. The minimum absolute atomic E-state index is 0.113. The second kappa shape index (κ2) is 5.88. The van der Waals surface area contributed by atoms with Crippen LogP contribution < -0.4 is 0 Å². The molecule has 0 saturated carbocycles. The lowest BCUT2D eigenvalue weighted by Crippen LogP contribution is -2.27. The van der Waals surface area contributed by atoms with Gasteiger partial charge >= 0.3 is 0 Å². The van der Waals surface area contributed by atoms with Gasteiger partial charge in [0.1, 0.15) is 0 Å². The average Bonchev–Trinajstić information content (AvgIpc) is 2.57. The first-order valence-electron chi connectivity index (χ1n) is 7.15. The predicted octanol–water partition coefficient (Wildman–Crippen LogP) is 4.03. The quantitative estimate of drug-likeness (QED) is 0.718. The van der Waals surface area contributed by atoms with E-state index in [0.29, 0.717) is 0 Å². The fourth-order valence-electron chi connectivity index (χ4n) is 2.76. The highest BCUT2D eigenvalue weighted by Gasteiger charge is 2.29. The maximum absolute atomic E-state index is 4.50. The van der Waals surface area contributed by atoms with E-state index in [9.17, 15) is 0 Å². The lowest BCUT2D eigenvalue weighted by Gasteiger charge is -2.30. The van der Waals surface area contributed by atoms with Gasteiger partial charge in [-0.15, -0.1) is 0 Å². The minimum Gasteiger partial charge on any atom is -0.265 e. The van der Waals surface area contributed by atoms with Crippen LogP contribution >= 0.6 is 0 Å². The number of rotatable bonds is 4. The van der Waals surface area contributed by atoms with E-state index in [0.717, 1.165) is 12.1 Å². The Balaban J connectivity index is 2.07. The molecule has 2 heteroatoms. The first-order valence-corrected chi connectivity index (χ1v) is 7.15. The molecule has 0 aliphatic carbocycles. The molecule has 0 radical (unpaired) electrons. The van der Waals surface area contributed by atoms with Crippen molar-refractivity contribution in [1.82, 2.24) is 9.97 Å². The lowest BCUT2D eigenvalue weighted by molar-refractivity contribution is 0.558. The fourth-order valence-corrected chi connectivity index (χ4v) is 2.76. The molecule has 3 aromatic rings. The van der Waals surface area contributed by atoms with Crippen molar-refractivity contribution < 1.29 is 0 Å². The molecule has 0 aliphatic heterocycles. The molecule has 104 valence electrons. The van der Waals surface area contributed by atoms with Gasteiger partial charge < -0.3 is 0 Å². The van der Waals surface area contributed by atoms with E-state index in [4.69, 9.17) is 0 Å². The minimum atomic E-state index is -0.113. The first-order chi connectivity index (χ1) is 10.3. The van der Waals surface area contributed by atoms with Crippen LogP contribution in [0.2, 0.25) is 0 Å². The summed E-state index contributed by atoms with van der Waals surface area (Å²) in [5.41, 5.74) is 3.54. The standard InChI is InChI=1S/C19H18N2/c1-19(16-7-3-2-4-8-16,17-10-13-20-14-11-17)15-18-9-5-6-12-21-18/h2-14H,15H2,1H3. The molecular weight excluding hydrogens is 256 g/mol. The third-order valence-electron chi connectivity index (χ3n) is 3.99. The summed E-state index contributed by atoms with van der Waals surface area (Å²) >= 11 is 0. The van der Waals surface area contributed by atoms with Crippen molar-refractivity contribution in [2.45, 2.75) is 18.8 Å². The molecule has 0 amide bonds. The van der Waals surface area contributed by atoms with Crippen molar-refractivity contribution in [3.63, 3.8) is 0 Å². The molecule has 2 nitrogen and oxygen atoms in total. The van der Waals surface area contributed by atoms with Crippen molar-refractivity contribution >= 4 is 0 Å². The highest BCUT2D eigenvalue weighted by Crippen LogP contribution is 2.34. The van der Waals surface area contributed by atoms with E-state index < -0.39 is 0 Å². The van der Waals surface area contributed by atoms with Crippen molar-refractivity contribution in [2.75, 3.05) is 0 Å². The third kappa shape index (κ3) is 2.84. The Labute approximate surface area is 125 Å². The zero-order valence-electron chi connectivity index (χ0n) is 12.1. The van der Waals surface area contributed by atoms with Crippen LogP contribution in [0.15, 0.2) is 79.3 Å². The maximum atomic E-state index is 4.50. The Morgan fingerprint density at radius 2 is 1.43 bits per heavy atom. The average molecular weight is 274 g/mol. The van der Waals surface area contributed by atoms with Crippen LogP contribution in [-0.4, -0.2) is 9.97 Å². The van der Waals surface area contributed by atoms with Gasteiger partial charge in [0.2, 0.25) is 0 Å². The number of pyridine rings is 2. The zero-order valence-corrected chi connectivity index (χ0v) is 12.1. The summed E-state index contributed by atoms with van der Waals surface area (Å²) < 4.78 is 0. The molecule has 21 heavy (non-hydrogen) atoms. The van der Waals surface area contributed by atoms with Gasteiger partial charge in [-0.3, -0.25) is 9.97 Å². The van der Waals surface area contributed by atoms with Gasteiger partial charge in [-0.1, -0.05) is 43.3 Å². The van der Waals surface area contributed by atoms with Crippen LogP contribution in [0, 0.1) is 0 Å². The molecular formula is C19H18N2. The second-order valence-electron chi connectivity index (χ2n) is 5.43. The molecule has 3 rings (SSSR count). The molecule has 2 aromatic heterocycles. The second-order valence-corrected chi connectivity index (χ2v) is 5.43. The van der Waals surface area contributed by atoms with Gasteiger partial charge in [-0.2, -0.15) is 0 Å². The zero-order chi connectivity index (χ0) is 14.5. The number of aromatic nitrogens is 2. The molecule has 0 bridgehead atoms. The van der Waals surface area contributed by atoms with Gasteiger partial charge in [0.25, 0.3) is 0 Å². The largest absolute Gasteiger partial charge is 0.265 e. The molecule has 1 aromatic carbocycles. The third-order valence-corrected chi connectivity index (χ3v) is 3.99.